The van der Waals surface area contributed by atoms with Crippen molar-refractivity contribution in [2.45, 2.75) is 19.8 Å². The minimum atomic E-state index is -0.378. The molecule has 0 bridgehead atoms. The fourth-order valence-corrected chi connectivity index (χ4v) is 2.81. The van der Waals surface area contributed by atoms with Crippen LogP contribution in [0.25, 0.3) is 0 Å². The highest BCUT2D eigenvalue weighted by Crippen LogP contribution is 2.24. The molecule has 8 heteroatoms. The van der Waals surface area contributed by atoms with Gasteiger partial charge in [-0.1, -0.05) is 6.07 Å². The van der Waals surface area contributed by atoms with E-state index in [4.69, 9.17) is 10.5 Å². The highest BCUT2D eigenvalue weighted by Gasteiger charge is 2.27. The lowest BCUT2D eigenvalue weighted by Crippen LogP contribution is -2.45. The number of piperidine rings is 1. The SMILES string of the molecule is COCC(=O)Nc1cccc(NC(=O)N2CCC[C@H](C(N)=O)C2)c1C. The van der Waals surface area contributed by atoms with Crippen LogP contribution in [0.1, 0.15) is 18.4 Å². The number of urea groups is 1. The third-order valence-electron chi connectivity index (χ3n) is 4.24. The quantitative estimate of drug-likeness (QED) is 0.744. The Labute approximate surface area is 146 Å². The second-order valence-electron chi connectivity index (χ2n) is 6.08. The van der Waals surface area contributed by atoms with Gasteiger partial charge in [0.05, 0.1) is 5.92 Å². The maximum absolute atomic E-state index is 12.5. The second kappa shape index (κ2) is 8.48. The Balaban J connectivity index is 2.05. The Morgan fingerprint density at radius 2 is 1.96 bits per heavy atom. The zero-order valence-electron chi connectivity index (χ0n) is 14.5. The Morgan fingerprint density at radius 3 is 2.60 bits per heavy atom. The molecule has 4 amide bonds. The highest BCUT2D eigenvalue weighted by atomic mass is 16.5. The minimum absolute atomic E-state index is 0.0433. The number of likely N-dealkylation sites (tertiary alicyclic amines) is 1. The number of nitrogens with one attached hydrogen (secondary N) is 2. The summed E-state index contributed by atoms with van der Waals surface area (Å²) in [6.45, 7) is 2.67. The van der Waals surface area contributed by atoms with Crippen molar-refractivity contribution in [3.05, 3.63) is 23.8 Å². The van der Waals surface area contributed by atoms with E-state index in [2.05, 4.69) is 10.6 Å². The molecular weight excluding hydrogens is 324 g/mol. The van der Waals surface area contributed by atoms with E-state index in [-0.39, 0.29) is 30.4 Å². The van der Waals surface area contributed by atoms with E-state index in [1.807, 2.05) is 0 Å². The smallest absolute Gasteiger partial charge is 0.321 e. The average molecular weight is 348 g/mol. The maximum atomic E-state index is 12.5. The monoisotopic (exact) mass is 348 g/mol. The van der Waals surface area contributed by atoms with Crippen LogP contribution in [0, 0.1) is 12.8 Å². The zero-order chi connectivity index (χ0) is 18.4. The van der Waals surface area contributed by atoms with Gasteiger partial charge in [-0.05, 0) is 37.5 Å². The summed E-state index contributed by atoms with van der Waals surface area (Å²) in [4.78, 5) is 37.1. The number of hydrogen-bond donors (Lipinski definition) is 3. The van der Waals surface area contributed by atoms with E-state index >= 15 is 0 Å². The Kier molecular flexibility index (Phi) is 6.35. The summed E-state index contributed by atoms with van der Waals surface area (Å²) >= 11 is 0. The molecule has 0 radical (unpaired) electrons. The van der Waals surface area contributed by atoms with Crippen molar-refractivity contribution < 1.29 is 19.1 Å². The van der Waals surface area contributed by atoms with Crippen LogP contribution in [0.15, 0.2) is 18.2 Å². The minimum Gasteiger partial charge on any atom is -0.375 e. The van der Waals surface area contributed by atoms with Gasteiger partial charge >= 0.3 is 6.03 Å². The molecule has 0 aliphatic carbocycles. The average Bonchev–Trinajstić information content (AvgIpc) is 2.58. The van der Waals surface area contributed by atoms with Gasteiger partial charge in [-0.25, -0.2) is 4.79 Å². The van der Waals surface area contributed by atoms with Crippen molar-refractivity contribution in [2.24, 2.45) is 11.7 Å². The van der Waals surface area contributed by atoms with Gasteiger partial charge in [0.25, 0.3) is 0 Å². The number of carbonyl (C=O) groups excluding carboxylic acids is 3. The van der Waals surface area contributed by atoms with Crippen LogP contribution in [0.4, 0.5) is 16.2 Å². The number of ether oxygens (including phenoxy) is 1. The molecule has 136 valence electrons. The lowest BCUT2D eigenvalue weighted by Gasteiger charge is -2.31. The molecule has 1 heterocycles. The molecule has 0 spiro atoms. The molecule has 1 aromatic rings. The van der Waals surface area contributed by atoms with Crippen LogP contribution in [-0.2, 0) is 14.3 Å². The van der Waals surface area contributed by atoms with E-state index in [0.717, 1.165) is 12.0 Å². The maximum Gasteiger partial charge on any atom is 0.321 e. The molecule has 1 aliphatic rings. The number of methoxy groups -OCH3 is 1. The van der Waals surface area contributed by atoms with E-state index in [1.54, 1.807) is 30.0 Å². The number of anilines is 2. The third-order valence-corrected chi connectivity index (χ3v) is 4.24. The summed E-state index contributed by atoms with van der Waals surface area (Å²) in [5, 5.41) is 5.57. The standard InChI is InChI=1S/C17H24N4O4/c1-11-13(19-15(22)10-25-2)6-3-7-14(11)20-17(24)21-8-4-5-12(9-21)16(18)23/h3,6-7,12H,4-5,8-10H2,1-2H3,(H2,18,23)(H,19,22)(H,20,24)/t12-/m0/s1. The first kappa shape index (κ1) is 18.7. The van der Waals surface area contributed by atoms with Crippen LogP contribution in [0.3, 0.4) is 0 Å². The second-order valence-corrected chi connectivity index (χ2v) is 6.08. The fraction of sp³-hybridized carbons (Fsp3) is 0.471. The highest BCUT2D eigenvalue weighted by molar-refractivity contribution is 5.96. The predicted molar refractivity (Wildman–Crippen MR) is 94.2 cm³/mol. The first-order valence-electron chi connectivity index (χ1n) is 8.16. The molecule has 0 unspecified atom stereocenters. The lowest BCUT2D eigenvalue weighted by molar-refractivity contribution is -0.123. The van der Waals surface area contributed by atoms with Crippen molar-refractivity contribution >= 4 is 29.2 Å². The molecule has 1 fully saturated rings. The van der Waals surface area contributed by atoms with E-state index in [0.29, 0.717) is 30.9 Å². The molecule has 8 nitrogen and oxygen atoms in total. The Hall–Kier alpha value is -2.61. The molecular formula is C17H24N4O4. The third kappa shape index (κ3) is 4.93. The molecule has 0 aromatic heterocycles. The molecule has 1 aromatic carbocycles. The largest absolute Gasteiger partial charge is 0.375 e. The number of nitrogens with zero attached hydrogens (tertiary/aromatic N) is 1. The van der Waals surface area contributed by atoms with E-state index < -0.39 is 0 Å². The van der Waals surface area contributed by atoms with Crippen molar-refractivity contribution in [1.29, 1.82) is 0 Å². The predicted octanol–water partition coefficient (Wildman–Crippen LogP) is 1.31. The Bertz CT molecular complexity index is 662. The number of carbonyl (C=O) groups is 3. The van der Waals surface area contributed by atoms with Crippen molar-refractivity contribution in [3.8, 4) is 0 Å². The Morgan fingerprint density at radius 1 is 1.28 bits per heavy atom. The molecule has 1 aliphatic heterocycles. The van der Waals surface area contributed by atoms with Gasteiger partial charge in [-0.15, -0.1) is 0 Å². The normalized spacial score (nSPS) is 17.0. The van der Waals surface area contributed by atoms with Crippen LogP contribution in [0.5, 0.6) is 0 Å². The number of nitrogens with two attached hydrogens (primary N) is 1. The molecule has 0 saturated carbocycles. The number of primary amides is 1. The van der Waals surface area contributed by atoms with Gasteiger partial charge < -0.3 is 26.0 Å². The summed E-state index contributed by atoms with van der Waals surface area (Å²) in [5.74, 6) is -0.953. The number of benzene rings is 1. The molecule has 4 N–H and O–H groups in total. The van der Waals surface area contributed by atoms with E-state index in [9.17, 15) is 14.4 Å². The van der Waals surface area contributed by atoms with Gasteiger partial charge in [-0.3, -0.25) is 9.59 Å². The molecule has 25 heavy (non-hydrogen) atoms. The molecule has 1 saturated heterocycles. The summed E-state index contributed by atoms with van der Waals surface area (Å²) in [7, 11) is 1.45. The van der Waals surface area contributed by atoms with Crippen LogP contribution in [0.2, 0.25) is 0 Å². The van der Waals surface area contributed by atoms with Gasteiger partial charge in [-0.2, -0.15) is 0 Å². The topological polar surface area (TPSA) is 114 Å². The molecule has 2 rings (SSSR count). The van der Waals surface area contributed by atoms with Gasteiger partial charge in [0.15, 0.2) is 0 Å². The summed E-state index contributed by atoms with van der Waals surface area (Å²) in [6, 6.07) is 4.97. The number of hydrogen-bond acceptors (Lipinski definition) is 4. The summed E-state index contributed by atoms with van der Waals surface area (Å²) in [6.07, 6.45) is 1.45. The molecule has 1 atom stereocenters. The lowest BCUT2D eigenvalue weighted by atomic mass is 9.98. The van der Waals surface area contributed by atoms with Gasteiger partial charge in [0.2, 0.25) is 11.8 Å². The van der Waals surface area contributed by atoms with Crippen LogP contribution >= 0.6 is 0 Å². The van der Waals surface area contributed by atoms with Crippen LogP contribution in [-0.4, -0.2) is 49.6 Å². The first-order chi connectivity index (χ1) is 11.9. The van der Waals surface area contributed by atoms with Crippen molar-refractivity contribution in [1.82, 2.24) is 4.90 Å². The summed E-state index contributed by atoms with van der Waals surface area (Å²) in [5.41, 5.74) is 7.29. The first-order valence-corrected chi connectivity index (χ1v) is 8.16. The van der Waals surface area contributed by atoms with Gasteiger partial charge in [0, 0.05) is 31.6 Å². The van der Waals surface area contributed by atoms with Crippen molar-refractivity contribution in [2.75, 3.05) is 37.4 Å². The van der Waals surface area contributed by atoms with Crippen LogP contribution < -0.4 is 16.4 Å². The van der Waals surface area contributed by atoms with Crippen molar-refractivity contribution in [3.63, 3.8) is 0 Å². The zero-order valence-corrected chi connectivity index (χ0v) is 14.5. The fourth-order valence-electron chi connectivity index (χ4n) is 2.81. The number of rotatable bonds is 5. The summed E-state index contributed by atoms with van der Waals surface area (Å²) < 4.78 is 4.79. The van der Waals surface area contributed by atoms with Gasteiger partial charge in [0.1, 0.15) is 6.61 Å². The van der Waals surface area contributed by atoms with E-state index in [1.165, 1.54) is 7.11 Å². The number of amides is 4.